The van der Waals surface area contributed by atoms with Crippen LogP contribution in [0, 0.1) is 5.92 Å². The lowest BCUT2D eigenvalue weighted by Crippen LogP contribution is -2.32. The number of rotatable bonds is 7. The largest absolute Gasteiger partial charge is 0.373 e. The Hall–Kier alpha value is -0.870. The molecule has 0 spiro atoms. The maximum atomic E-state index is 6.01. The highest BCUT2D eigenvalue weighted by Crippen LogP contribution is 2.32. The molecule has 1 fully saturated rings. The summed E-state index contributed by atoms with van der Waals surface area (Å²) in [6, 6.07) is 0. The van der Waals surface area contributed by atoms with E-state index in [-0.39, 0.29) is 6.10 Å². The van der Waals surface area contributed by atoms with Gasteiger partial charge in [-0.25, -0.2) is 0 Å². The number of hydrogen-bond donors (Lipinski definition) is 1. The number of aromatic nitrogens is 2. The Morgan fingerprint density at radius 1 is 1.42 bits per heavy atom. The van der Waals surface area contributed by atoms with Gasteiger partial charge in [0, 0.05) is 37.4 Å². The fourth-order valence-electron chi connectivity index (χ4n) is 2.76. The zero-order valence-electron chi connectivity index (χ0n) is 12.3. The van der Waals surface area contributed by atoms with E-state index in [9.17, 15) is 0 Å². The van der Waals surface area contributed by atoms with Crippen LogP contribution >= 0.6 is 0 Å². The molecule has 108 valence electrons. The van der Waals surface area contributed by atoms with Crippen LogP contribution in [0.15, 0.2) is 12.4 Å². The molecule has 1 aromatic rings. The van der Waals surface area contributed by atoms with Gasteiger partial charge in [0.05, 0.1) is 12.3 Å². The predicted octanol–water partition coefficient (Wildman–Crippen LogP) is 2.76. The third-order valence-electron chi connectivity index (χ3n) is 3.71. The third-order valence-corrected chi connectivity index (χ3v) is 3.71. The molecule has 4 heteroatoms. The Morgan fingerprint density at radius 3 is 3.11 bits per heavy atom. The second kappa shape index (κ2) is 7.65. The van der Waals surface area contributed by atoms with Gasteiger partial charge in [0.25, 0.3) is 0 Å². The summed E-state index contributed by atoms with van der Waals surface area (Å²) < 4.78 is 8.04. The van der Waals surface area contributed by atoms with Crippen molar-refractivity contribution in [1.82, 2.24) is 15.1 Å². The fourth-order valence-corrected chi connectivity index (χ4v) is 2.76. The molecule has 0 saturated carbocycles. The number of hydrogen-bond acceptors (Lipinski definition) is 3. The van der Waals surface area contributed by atoms with E-state index in [0.717, 1.165) is 32.7 Å². The van der Waals surface area contributed by atoms with Crippen LogP contribution in [0.1, 0.15) is 51.2 Å². The molecule has 0 radical (unpaired) electrons. The van der Waals surface area contributed by atoms with E-state index in [1.54, 1.807) is 0 Å². The Bertz CT molecular complexity index is 364. The SMILES string of the molecule is CCCNCC1CCCOC1c1cnn(CCC)c1. The van der Waals surface area contributed by atoms with Gasteiger partial charge in [-0.15, -0.1) is 0 Å². The van der Waals surface area contributed by atoms with Crippen molar-refractivity contribution in [3.05, 3.63) is 18.0 Å². The summed E-state index contributed by atoms with van der Waals surface area (Å²) in [5, 5.41) is 7.96. The smallest absolute Gasteiger partial charge is 0.0895 e. The summed E-state index contributed by atoms with van der Waals surface area (Å²) >= 11 is 0. The van der Waals surface area contributed by atoms with Gasteiger partial charge in [0.2, 0.25) is 0 Å². The van der Waals surface area contributed by atoms with Crippen LogP contribution in [0.3, 0.4) is 0 Å². The number of ether oxygens (including phenoxy) is 1. The van der Waals surface area contributed by atoms with Crippen LogP contribution in [0.2, 0.25) is 0 Å². The molecule has 0 bridgehead atoms. The third kappa shape index (κ3) is 4.05. The summed E-state index contributed by atoms with van der Waals surface area (Å²) in [4.78, 5) is 0. The highest BCUT2D eigenvalue weighted by molar-refractivity contribution is 5.10. The molecule has 19 heavy (non-hydrogen) atoms. The Balaban J connectivity index is 1.96. The van der Waals surface area contributed by atoms with Gasteiger partial charge >= 0.3 is 0 Å². The minimum absolute atomic E-state index is 0.226. The Labute approximate surface area is 116 Å². The highest BCUT2D eigenvalue weighted by atomic mass is 16.5. The van der Waals surface area contributed by atoms with Crippen molar-refractivity contribution in [2.75, 3.05) is 19.7 Å². The van der Waals surface area contributed by atoms with Crippen molar-refractivity contribution in [1.29, 1.82) is 0 Å². The Kier molecular flexibility index (Phi) is 5.86. The van der Waals surface area contributed by atoms with Crippen LogP contribution in [-0.4, -0.2) is 29.5 Å². The minimum Gasteiger partial charge on any atom is -0.373 e. The van der Waals surface area contributed by atoms with Crippen molar-refractivity contribution in [3.8, 4) is 0 Å². The lowest BCUT2D eigenvalue weighted by molar-refractivity contribution is -0.0277. The van der Waals surface area contributed by atoms with E-state index in [4.69, 9.17) is 4.74 Å². The molecule has 1 aliphatic rings. The van der Waals surface area contributed by atoms with E-state index >= 15 is 0 Å². The highest BCUT2D eigenvalue weighted by Gasteiger charge is 2.28. The van der Waals surface area contributed by atoms with Crippen molar-refractivity contribution in [2.45, 2.75) is 52.2 Å². The second-order valence-corrected chi connectivity index (χ2v) is 5.43. The zero-order chi connectivity index (χ0) is 13.5. The normalized spacial score (nSPS) is 23.7. The fraction of sp³-hybridized carbons (Fsp3) is 0.800. The molecule has 2 rings (SSSR count). The molecule has 2 heterocycles. The lowest BCUT2D eigenvalue weighted by Gasteiger charge is -2.31. The van der Waals surface area contributed by atoms with Crippen LogP contribution in [0.5, 0.6) is 0 Å². The molecule has 1 N–H and O–H groups in total. The van der Waals surface area contributed by atoms with Gasteiger partial charge in [0.1, 0.15) is 0 Å². The van der Waals surface area contributed by atoms with Crippen LogP contribution in [0.4, 0.5) is 0 Å². The molecule has 0 aliphatic carbocycles. The molecular formula is C15H27N3O. The first kappa shape index (κ1) is 14.5. The summed E-state index contributed by atoms with van der Waals surface area (Å²) in [5.41, 5.74) is 1.25. The van der Waals surface area contributed by atoms with Gasteiger partial charge in [-0.2, -0.15) is 5.10 Å². The molecular weight excluding hydrogens is 238 g/mol. The zero-order valence-corrected chi connectivity index (χ0v) is 12.3. The molecule has 0 amide bonds. The molecule has 0 aromatic carbocycles. The first-order chi connectivity index (χ1) is 9.35. The average molecular weight is 265 g/mol. The Morgan fingerprint density at radius 2 is 2.32 bits per heavy atom. The van der Waals surface area contributed by atoms with E-state index in [2.05, 4.69) is 30.5 Å². The van der Waals surface area contributed by atoms with Crippen molar-refractivity contribution >= 4 is 0 Å². The predicted molar refractivity (Wildman–Crippen MR) is 77.1 cm³/mol. The van der Waals surface area contributed by atoms with Crippen molar-refractivity contribution < 1.29 is 4.74 Å². The standard InChI is InChI=1S/C15H27N3O/c1-3-7-16-10-13-6-5-9-19-15(13)14-11-17-18(12-14)8-4-2/h11-13,15-16H,3-10H2,1-2H3. The summed E-state index contributed by atoms with van der Waals surface area (Å²) in [5.74, 6) is 0.583. The minimum atomic E-state index is 0.226. The van der Waals surface area contributed by atoms with Gasteiger partial charge in [-0.05, 0) is 32.2 Å². The quantitative estimate of drug-likeness (QED) is 0.771. The summed E-state index contributed by atoms with van der Waals surface area (Å²) in [7, 11) is 0. The number of aryl methyl sites for hydroxylation is 1. The van der Waals surface area contributed by atoms with Crippen molar-refractivity contribution in [2.24, 2.45) is 5.92 Å². The number of nitrogens with one attached hydrogen (secondary N) is 1. The molecule has 1 aromatic heterocycles. The van der Waals surface area contributed by atoms with Gasteiger partial charge in [-0.3, -0.25) is 4.68 Å². The van der Waals surface area contributed by atoms with Crippen molar-refractivity contribution in [3.63, 3.8) is 0 Å². The van der Waals surface area contributed by atoms with E-state index < -0.39 is 0 Å². The molecule has 1 saturated heterocycles. The maximum Gasteiger partial charge on any atom is 0.0895 e. The van der Waals surface area contributed by atoms with Gasteiger partial charge in [0.15, 0.2) is 0 Å². The van der Waals surface area contributed by atoms with Crippen LogP contribution in [-0.2, 0) is 11.3 Å². The first-order valence-corrected chi connectivity index (χ1v) is 7.69. The summed E-state index contributed by atoms with van der Waals surface area (Å²) in [6.07, 6.45) is 9.10. The van der Waals surface area contributed by atoms with E-state index in [1.807, 2.05) is 10.9 Å². The molecule has 4 nitrogen and oxygen atoms in total. The molecule has 1 aliphatic heterocycles. The van der Waals surface area contributed by atoms with Crippen LogP contribution < -0.4 is 5.32 Å². The molecule has 2 atom stereocenters. The maximum absolute atomic E-state index is 6.01. The van der Waals surface area contributed by atoms with Gasteiger partial charge < -0.3 is 10.1 Å². The number of nitrogens with zero attached hydrogens (tertiary/aromatic N) is 2. The monoisotopic (exact) mass is 265 g/mol. The van der Waals surface area contributed by atoms with Gasteiger partial charge in [-0.1, -0.05) is 13.8 Å². The topological polar surface area (TPSA) is 39.1 Å². The summed E-state index contributed by atoms with van der Waals surface area (Å²) in [6.45, 7) is 8.40. The first-order valence-electron chi connectivity index (χ1n) is 7.69. The van der Waals surface area contributed by atoms with E-state index in [0.29, 0.717) is 5.92 Å². The van der Waals surface area contributed by atoms with E-state index in [1.165, 1.54) is 24.8 Å². The van der Waals surface area contributed by atoms with Crippen LogP contribution in [0.25, 0.3) is 0 Å². The molecule has 2 unspecified atom stereocenters. The average Bonchev–Trinajstić information content (AvgIpc) is 2.89. The second-order valence-electron chi connectivity index (χ2n) is 5.43. The lowest BCUT2D eigenvalue weighted by atomic mass is 9.91.